The maximum atomic E-state index is 10.8. The van der Waals surface area contributed by atoms with Crippen LogP contribution in [0.1, 0.15) is 37.8 Å². The Hall–Kier alpha value is -1.93. The van der Waals surface area contributed by atoms with Gasteiger partial charge in [0.1, 0.15) is 21.5 Å². The number of benzene rings is 1. The molecule has 2 aromatic heterocycles. The molecular weight excluding hydrogens is 536 g/mol. The Morgan fingerprint density at radius 2 is 1.09 bits per heavy atom. The van der Waals surface area contributed by atoms with E-state index >= 15 is 0 Å². The van der Waals surface area contributed by atoms with Gasteiger partial charge in [0.2, 0.25) is 0 Å². The molecule has 180 valence electrons. The van der Waals surface area contributed by atoms with Crippen molar-refractivity contribution in [3.63, 3.8) is 0 Å². The first-order valence-electron chi connectivity index (χ1n) is 9.16. The Bertz CT molecular complexity index is 1070. The molecule has 0 atom stereocenters. The summed E-state index contributed by atoms with van der Waals surface area (Å²) in [4.78, 5) is 2.27. The summed E-state index contributed by atoms with van der Waals surface area (Å²) in [5, 5.41) is 1.31. The largest absolute Gasteiger partial charge is 1.00 e. The summed E-state index contributed by atoms with van der Waals surface area (Å²) >= 11 is 3.02. The van der Waals surface area contributed by atoms with Gasteiger partial charge < -0.3 is 21.5 Å². The van der Waals surface area contributed by atoms with Gasteiger partial charge in [0.05, 0.1) is 14.6 Å². The van der Waals surface area contributed by atoms with E-state index in [0.29, 0.717) is 21.4 Å². The van der Waals surface area contributed by atoms with Gasteiger partial charge in [-0.25, -0.2) is 8.42 Å². The molecule has 3 rings (SSSR count). The topological polar surface area (TPSA) is 169 Å². The number of thiazole rings is 2. The number of aromatic nitrogens is 2. The van der Waals surface area contributed by atoms with Crippen molar-refractivity contribution in [1.29, 1.82) is 0 Å². The Balaban J connectivity index is 0.000000455. The Morgan fingerprint density at radius 3 is 1.25 bits per heavy atom. The van der Waals surface area contributed by atoms with Crippen molar-refractivity contribution in [3.05, 3.63) is 50.0 Å². The number of nitrogens with zero attached hydrogens (tertiary/aromatic N) is 2. The van der Waals surface area contributed by atoms with Crippen LogP contribution in [-0.2, 0) is 10.1 Å². The van der Waals surface area contributed by atoms with E-state index < -0.39 is 10.1 Å². The van der Waals surface area contributed by atoms with Crippen LogP contribution in [0.4, 0.5) is 10.3 Å². The lowest BCUT2D eigenvalue weighted by Crippen LogP contribution is -3.00. The third-order valence-corrected chi connectivity index (χ3v) is 7.75. The minimum Gasteiger partial charge on any atom is -1.00 e. The molecule has 0 spiro atoms. The molecular formula is C19H31BrN6O3S3. The van der Waals surface area contributed by atoms with Gasteiger partial charge in [-0.2, -0.15) is 0 Å². The van der Waals surface area contributed by atoms with Crippen LogP contribution >= 0.6 is 22.7 Å². The quantitative estimate of drug-likeness (QED) is 0.156. The molecule has 0 amide bonds. The lowest BCUT2D eigenvalue weighted by molar-refractivity contribution is -0.626. The summed E-state index contributed by atoms with van der Waals surface area (Å²) < 4.78 is 35.5. The highest BCUT2D eigenvalue weighted by molar-refractivity contribution is 7.85. The first-order chi connectivity index (χ1) is 14.1. The van der Waals surface area contributed by atoms with Gasteiger partial charge in [-0.3, -0.25) is 23.2 Å². The van der Waals surface area contributed by atoms with Crippen molar-refractivity contribution in [1.82, 2.24) is 0 Å². The van der Waals surface area contributed by atoms with E-state index in [2.05, 4.69) is 0 Å². The number of halogens is 1. The zero-order valence-electron chi connectivity index (χ0n) is 19.2. The molecule has 0 aliphatic carbocycles. The smallest absolute Gasteiger partial charge is 0.355 e. The average molecular weight is 568 g/mol. The van der Waals surface area contributed by atoms with E-state index in [4.69, 9.17) is 23.2 Å². The number of anilines is 2. The number of nitrogen functional groups attached to an aromatic ring is 4. The summed E-state index contributed by atoms with van der Waals surface area (Å²) in [6.07, 6.45) is 0. The molecule has 32 heavy (non-hydrogen) atoms. The Morgan fingerprint density at radius 1 is 0.781 bits per heavy atom. The van der Waals surface area contributed by atoms with Crippen molar-refractivity contribution in [2.75, 3.05) is 23.2 Å². The highest BCUT2D eigenvalue weighted by atomic mass is 79.9. The second-order valence-corrected chi connectivity index (χ2v) is 10.9. The van der Waals surface area contributed by atoms with Crippen LogP contribution in [0, 0.1) is 48.5 Å². The molecule has 2 heterocycles. The molecule has 0 radical (unpaired) electrons. The second kappa shape index (κ2) is 11.8. The molecule has 13 heteroatoms. The minimum atomic E-state index is -4.33. The molecule has 1 aromatic carbocycles. The molecule has 9 nitrogen and oxygen atoms in total. The molecule has 0 saturated carbocycles. The number of rotatable bonds is 1. The maximum absolute atomic E-state index is 10.8. The van der Waals surface area contributed by atoms with E-state index in [0.717, 1.165) is 17.0 Å². The number of hydrogen-bond acceptors (Lipinski definition) is 9. The van der Waals surface area contributed by atoms with E-state index in [-0.39, 0.29) is 21.9 Å². The fourth-order valence-corrected chi connectivity index (χ4v) is 5.29. The third kappa shape index (κ3) is 7.59. The predicted octanol–water partition coefficient (Wildman–Crippen LogP) is -1.58. The fourth-order valence-electron chi connectivity index (χ4n) is 2.79. The van der Waals surface area contributed by atoms with Crippen molar-refractivity contribution >= 4 is 43.1 Å². The maximum Gasteiger partial charge on any atom is 0.355 e. The number of hydrogen-bond donors (Lipinski definition) is 4. The van der Waals surface area contributed by atoms with Gasteiger partial charge >= 0.3 is 10.3 Å². The minimum absolute atomic E-state index is 0. The molecule has 0 unspecified atom stereocenters. The van der Waals surface area contributed by atoms with E-state index in [1.807, 2.05) is 34.6 Å². The van der Waals surface area contributed by atoms with Crippen LogP contribution in [-0.4, -0.2) is 13.0 Å². The molecule has 8 N–H and O–H groups in total. The van der Waals surface area contributed by atoms with Crippen molar-refractivity contribution in [2.24, 2.45) is 0 Å². The van der Waals surface area contributed by atoms with Gasteiger partial charge in [-0.15, -0.1) is 9.35 Å². The van der Waals surface area contributed by atoms with Crippen LogP contribution in [0.2, 0.25) is 0 Å². The average Bonchev–Trinajstić information content (AvgIpc) is 2.97. The SMILES string of the molecule is Cc1cc(C)c(S(=O)(=O)[O-])c(C)c1.Cc1sc(N)[n+](N)c1C.Cc1sc(N)[n+](N)c1C.[Br-]. The Labute approximate surface area is 208 Å². The molecule has 0 aliphatic heterocycles. The zero-order chi connectivity index (χ0) is 24.3. The van der Waals surface area contributed by atoms with Gasteiger partial charge in [0, 0.05) is 13.8 Å². The summed E-state index contributed by atoms with van der Waals surface area (Å²) in [6, 6.07) is 3.38. The molecule has 0 aliphatic rings. The first kappa shape index (κ1) is 30.1. The zero-order valence-corrected chi connectivity index (χ0v) is 23.2. The predicted molar refractivity (Wildman–Crippen MR) is 126 cm³/mol. The van der Waals surface area contributed by atoms with Crippen molar-refractivity contribution in [3.8, 4) is 0 Å². The molecule has 0 saturated heterocycles. The van der Waals surface area contributed by atoms with Gasteiger partial charge in [-0.1, -0.05) is 17.7 Å². The van der Waals surface area contributed by atoms with Gasteiger partial charge in [0.15, 0.2) is 0 Å². The highest BCUT2D eigenvalue weighted by Crippen LogP contribution is 2.21. The monoisotopic (exact) mass is 566 g/mol. The molecule has 0 fully saturated rings. The van der Waals surface area contributed by atoms with Gasteiger partial charge in [0.25, 0.3) is 0 Å². The van der Waals surface area contributed by atoms with E-state index in [9.17, 15) is 13.0 Å². The van der Waals surface area contributed by atoms with Crippen LogP contribution < -0.4 is 49.5 Å². The lowest BCUT2D eigenvalue weighted by atomic mass is 10.1. The summed E-state index contributed by atoms with van der Waals surface area (Å²) in [5.74, 6) is 11.0. The van der Waals surface area contributed by atoms with Crippen LogP contribution in [0.3, 0.4) is 0 Å². The molecule has 3 aromatic rings. The Kier molecular flexibility index (Phi) is 11.1. The van der Waals surface area contributed by atoms with Crippen molar-refractivity contribution < 1.29 is 39.3 Å². The van der Waals surface area contributed by atoms with E-state index in [1.54, 1.807) is 26.0 Å². The van der Waals surface area contributed by atoms with Crippen LogP contribution in [0.5, 0.6) is 0 Å². The summed E-state index contributed by atoms with van der Waals surface area (Å²) in [5.41, 5.74) is 15.1. The third-order valence-electron chi connectivity index (χ3n) is 4.59. The standard InChI is InChI=1S/C9H12O3S.2C5H9N3S.BrH/c1-6-4-7(2)9(8(3)5-6)13(10,11)12;2*1-3-4(2)9-5(6)8(3)7;/h4-5H,1-3H3,(H,10,11,12);2*6H,7H2,1-2H3;1H. The number of nitrogens with two attached hydrogens (primary N) is 4. The van der Waals surface area contributed by atoms with Crippen LogP contribution in [0.25, 0.3) is 0 Å². The highest BCUT2D eigenvalue weighted by Gasteiger charge is 2.12. The summed E-state index contributed by atoms with van der Waals surface area (Å²) in [7, 11) is -4.33. The lowest BCUT2D eigenvalue weighted by Gasteiger charge is -2.14. The second-order valence-electron chi connectivity index (χ2n) is 7.09. The van der Waals surface area contributed by atoms with Crippen molar-refractivity contribution in [2.45, 2.75) is 53.4 Å². The fraction of sp³-hybridized carbons (Fsp3) is 0.368. The first-order valence-corrected chi connectivity index (χ1v) is 12.2. The van der Waals surface area contributed by atoms with Gasteiger partial charge in [-0.05, 0) is 68.4 Å². The normalized spacial score (nSPS) is 10.4. The summed E-state index contributed by atoms with van der Waals surface area (Å²) in [6.45, 7) is 13.0. The van der Waals surface area contributed by atoms with Crippen LogP contribution in [0.15, 0.2) is 17.0 Å². The molecule has 0 bridgehead atoms. The number of aryl methyl sites for hydroxylation is 5. The van der Waals surface area contributed by atoms with E-state index in [1.165, 1.54) is 41.8 Å².